The summed E-state index contributed by atoms with van der Waals surface area (Å²) in [7, 11) is 0. The molecule has 2 fully saturated rings. The zero-order valence-corrected chi connectivity index (χ0v) is 15.6. The molecule has 26 heavy (non-hydrogen) atoms. The molecule has 6 nitrogen and oxygen atoms in total. The van der Waals surface area contributed by atoms with Gasteiger partial charge in [-0.05, 0) is 24.9 Å². The first-order chi connectivity index (χ1) is 12.5. The first-order valence-electron chi connectivity index (χ1n) is 8.30. The molecule has 0 spiro atoms. The summed E-state index contributed by atoms with van der Waals surface area (Å²) in [5.41, 5.74) is -1.06. The fourth-order valence-electron chi connectivity index (χ4n) is 3.28. The number of ether oxygens (including phenoxy) is 1. The summed E-state index contributed by atoms with van der Waals surface area (Å²) in [5, 5.41) is 3.05. The van der Waals surface area contributed by atoms with Crippen molar-refractivity contribution in [2.24, 2.45) is 0 Å². The molecule has 1 aromatic rings. The van der Waals surface area contributed by atoms with Crippen LogP contribution in [0.2, 0.25) is 0 Å². The van der Waals surface area contributed by atoms with Gasteiger partial charge in [0.05, 0.1) is 22.3 Å². The molecular weight excluding hydrogens is 372 g/mol. The Balaban J connectivity index is 1.84. The van der Waals surface area contributed by atoms with E-state index in [-0.39, 0.29) is 22.9 Å². The van der Waals surface area contributed by atoms with Crippen molar-refractivity contribution in [2.45, 2.75) is 31.0 Å². The van der Waals surface area contributed by atoms with E-state index in [0.29, 0.717) is 19.3 Å². The van der Waals surface area contributed by atoms with Crippen LogP contribution in [0.15, 0.2) is 30.3 Å². The van der Waals surface area contributed by atoms with Crippen LogP contribution < -0.4 is 5.32 Å². The third-order valence-electron chi connectivity index (χ3n) is 4.68. The minimum atomic E-state index is -1.86. The predicted octanol–water partition coefficient (Wildman–Crippen LogP) is 1.64. The number of thiocarbonyl (C=S) groups is 2. The summed E-state index contributed by atoms with van der Waals surface area (Å²) in [6.07, 6.45) is 1.06. The number of amides is 1. The molecule has 0 aromatic heterocycles. The van der Waals surface area contributed by atoms with Crippen molar-refractivity contribution in [3.8, 4) is 0 Å². The van der Waals surface area contributed by atoms with Crippen LogP contribution >= 0.6 is 24.4 Å². The number of hydrogen-bond acceptors (Lipinski definition) is 7. The van der Waals surface area contributed by atoms with Gasteiger partial charge in [0.2, 0.25) is 0 Å². The van der Waals surface area contributed by atoms with E-state index in [0.717, 1.165) is 16.9 Å². The average Bonchev–Trinajstić information content (AvgIpc) is 3.28. The summed E-state index contributed by atoms with van der Waals surface area (Å²) < 4.78 is 5.31. The Morgan fingerprint density at radius 1 is 1.31 bits per heavy atom. The van der Waals surface area contributed by atoms with Crippen LogP contribution in [0.3, 0.4) is 0 Å². The van der Waals surface area contributed by atoms with Crippen molar-refractivity contribution in [3.05, 3.63) is 35.9 Å². The van der Waals surface area contributed by atoms with Crippen molar-refractivity contribution in [1.29, 1.82) is 0 Å². The van der Waals surface area contributed by atoms with Gasteiger partial charge in [-0.15, -0.1) is 0 Å². The first kappa shape index (κ1) is 18.8. The highest BCUT2D eigenvalue weighted by atomic mass is 32.1. The number of hydrogen-bond donors (Lipinski definition) is 1. The number of aldehydes is 1. The highest BCUT2D eigenvalue weighted by molar-refractivity contribution is 7.89. The summed E-state index contributed by atoms with van der Waals surface area (Å²) in [4.78, 5) is 39.1. The molecule has 3 rings (SSSR count). The Labute approximate surface area is 161 Å². The lowest BCUT2D eigenvalue weighted by atomic mass is 9.87. The largest absolute Gasteiger partial charge is 0.444 e. The van der Waals surface area contributed by atoms with Gasteiger partial charge in [-0.3, -0.25) is 14.5 Å². The molecule has 2 heterocycles. The lowest BCUT2D eigenvalue weighted by Crippen LogP contribution is -2.62. The SMILES string of the molecule is O=C[C@]1(C(=O)[C@@H]2CCCN2)C(=S)C(=S)CN1C(=O)OCc1ccccc1. The number of ketones is 1. The van der Waals surface area contributed by atoms with Crippen LogP contribution in [0, 0.1) is 0 Å². The van der Waals surface area contributed by atoms with Gasteiger partial charge in [0.1, 0.15) is 6.61 Å². The molecule has 0 bridgehead atoms. The maximum absolute atomic E-state index is 13.1. The lowest BCUT2D eigenvalue weighted by Gasteiger charge is -2.32. The van der Waals surface area contributed by atoms with Gasteiger partial charge < -0.3 is 10.1 Å². The van der Waals surface area contributed by atoms with E-state index in [1.54, 1.807) is 0 Å². The third-order valence-corrected chi connectivity index (χ3v) is 5.70. The number of carbonyl (C=O) groups excluding carboxylic acids is 3. The number of likely N-dealkylation sites (tertiary alicyclic amines) is 1. The number of carbonyl (C=O) groups is 3. The normalized spacial score (nSPS) is 25.4. The van der Waals surface area contributed by atoms with Crippen LogP contribution in [0.1, 0.15) is 18.4 Å². The van der Waals surface area contributed by atoms with E-state index in [1.807, 2.05) is 30.3 Å². The Kier molecular flexibility index (Phi) is 5.55. The molecule has 2 aliphatic heterocycles. The third kappa shape index (κ3) is 3.20. The molecule has 0 saturated carbocycles. The fraction of sp³-hybridized carbons (Fsp3) is 0.389. The quantitative estimate of drug-likeness (QED) is 0.465. The number of benzene rings is 1. The number of rotatable bonds is 5. The van der Waals surface area contributed by atoms with E-state index in [9.17, 15) is 14.4 Å². The average molecular weight is 390 g/mol. The topological polar surface area (TPSA) is 75.7 Å². The van der Waals surface area contributed by atoms with Crippen molar-refractivity contribution < 1.29 is 19.1 Å². The molecule has 0 radical (unpaired) electrons. The van der Waals surface area contributed by atoms with Gasteiger partial charge in [0.25, 0.3) is 0 Å². The highest BCUT2D eigenvalue weighted by Gasteiger charge is 2.58. The smallest absolute Gasteiger partial charge is 0.411 e. The first-order valence-corrected chi connectivity index (χ1v) is 9.12. The summed E-state index contributed by atoms with van der Waals surface area (Å²) in [5.74, 6) is -0.438. The lowest BCUT2D eigenvalue weighted by molar-refractivity contribution is -0.132. The monoisotopic (exact) mass is 390 g/mol. The maximum atomic E-state index is 13.1. The number of Topliss-reactive ketones (excluding diaryl/α,β-unsaturated/α-hetero) is 1. The van der Waals surface area contributed by atoms with Gasteiger partial charge in [0, 0.05) is 0 Å². The fourth-order valence-corrected chi connectivity index (χ4v) is 3.88. The molecule has 2 aliphatic rings. The van der Waals surface area contributed by atoms with Gasteiger partial charge in [-0.1, -0.05) is 54.8 Å². The Bertz CT molecular complexity index is 762. The maximum Gasteiger partial charge on any atom is 0.411 e. The molecule has 0 aliphatic carbocycles. The van der Waals surface area contributed by atoms with Crippen LogP contribution in [-0.4, -0.2) is 57.5 Å². The molecule has 1 aromatic carbocycles. The molecular formula is C18H18N2O4S2. The summed E-state index contributed by atoms with van der Waals surface area (Å²) in [6.45, 7) is 0.639. The number of nitrogens with one attached hydrogen (secondary N) is 1. The van der Waals surface area contributed by atoms with Crippen molar-refractivity contribution in [3.63, 3.8) is 0 Å². The Morgan fingerprint density at radius 2 is 2.04 bits per heavy atom. The second-order valence-electron chi connectivity index (χ2n) is 6.28. The zero-order chi connectivity index (χ0) is 18.7. The van der Waals surface area contributed by atoms with E-state index < -0.39 is 23.5 Å². The van der Waals surface area contributed by atoms with Crippen molar-refractivity contribution in [1.82, 2.24) is 10.2 Å². The predicted molar refractivity (Wildman–Crippen MR) is 103 cm³/mol. The van der Waals surface area contributed by atoms with Gasteiger partial charge in [0.15, 0.2) is 17.6 Å². The van der Waals surface area contributed by atoms with Crippen molar-refractivity contribution >= 4 is 52.3 Å². The van der Waals surface area contributed by atoms with Crippen LogP contribution in [0.5, 0.6) is 0 Å². The van der Waals surface area contributed by atoms with E-state index in [4.69, 9.17) is 29.2 Å². The van der Waals surface area contributed by atoms with E-state index in [2.05, 4.69) is 5.32 Å². The highest BCUT2D eigenvalue weighted by Crippen LogP contribution is 2.29. The Hall–Kier alpha value is -2.03. The molecule has 8 heteroatoms. The second-order valence-corrected chi connectivity index (χ2v) is 7.18. The molecule has 0 unspecified atom stereocenters. The molecule has 2 atom stereocenters. The Morgan fingerprint density at radius 3 is 2.65 bits per heavy atom. The van der Waals surface area contributed by atoms with Crippen LogP contribution in [-0.2, 0) is 20.9 Å². The molecule has 2 saturated heterocycles. The minimum absolute atomic E-state index is 0.0258. The molecule has 1 N–H and O–H groups in total. The van der Waals surface area contributed by atoms with E-state index >= 15 is 0 Å². The summed E-state index contributed by atoms with van der Waals surface area (Å²) >= 11 is 10.5. The van der Waals surface area contributed by atoms with E-state index in [1.165, 1.54) is 0 Å². The second kappa shape index (κ2) is 7.69. The molecule has 1 amide bonds. The molecule has 136 valence electrons. The zero-order valence-electron chi connectivity index (χ0n) is 14.0. The van der Waals surface area contributed by atoms with Gasteiger partial charge in [-0.25, -0.2) is 4.79 Å². The van der Waals surface area contributed by atoms with Gasteiger partial charge in [-0.2, -0.15) is 0 Å². The minimum Gasteiger partial charge on any atom is -0.444 e. The van der Waals surface area contributed by atoms with Crippen LogP contribution in [0.25, 0.3) is 0 Å². The summed E-state index contributed by atoms with van der Waals surface area (Å²) in [6, 6.07) is 8.61. The van der Waals surface area contributed by atoms with Crippen LogP contribution in [0.4, 0.5) is 4.79 Å². The number of nitrogens with zero attached hydrogens (tertiary/aromatic N) is 1. The van der Waals surface area contributed by atoms with Gasteiger partial charge >= 0.3 is 6.09 Å². The van der Waals surface area contributed by atoms with Crippen molar-refractivity contribution in [2.75, 3.05) is 13.1 Å². The standard InChI is InChI=1S/C18H18N2O4S2/c21-11-18(15(22)13-7-4-8-19-13)16(26)14(25)9-20(18)17(23)24-10-12-5-2-1-3-6-12/h1-3,5-6,11,13,19H,4,7-10H2/t13-,18-/m0/s1.